The Kier molecular flexibility index (Phi) is 8.13. The molecule has 0 spiro atoms. The number of carbonyl (C=O) groups excluding carboxylic acids is 3. The maximum Gasteiger partial charge on any atom is 0.270 e. The van der Waals surface area contributed by atoms with Gasteiger partial charge in [0.1, 0.15) is 21.4 Å². The van der Waals surface area contributed by atoms with E-state index in [2.05, 4.69) is 42.6 Å². The average Bonchev–Trinajstić information content (AvgIpc) is 3.62. The Bertz CT molecular complexity index is 1920. The lowest BCUT2D eigenvalue weighted by molar-refractivity contribution is -0.125. The van der Waals surface area contributed by atoms with Crippen LogP contribution >= 0.6 is 39.1 Å². The van der Waals surface area contributed by atoms with E-state index in [-0.39, 0.29) is 45.7 Å². The van der Waals surface area contributed by atoms with Gasteiger partial charge in [0.25, 0.3) is 11.8 Å². The van der Waals surface area contributed by atoms with Crippen LogP contribution in [0.1, 0.15) is 59.9 Å². The molecular weight excluding hydrogens is 700 g/mol. The average molecular weight is 725 g/mol. The SMILES string of the molecule is CC(NC(=O)C1(NC(=O)c2cnc3n2[C@](C)(Cc2ccc(C#N)cc2)C(=O)N3c2cc(Cl)c(F)c(Cl)c2)CC1)c1ccc(Br)nc1. The van der Waals surface area contributed by atoms with E-state index in [1.54, 1.807) is 43.5 Å². The number of rotatable bonds is 8. The standard InChI is InChI=1S/C32H25BrCl2FN7O3/c1-17(20-7-8-25(33)38-15-20)40-28(45)32(9-10-32)41-27(44)24-16-39-30-42(21-11-22(34)26(36)23(35)12-21)29(46)31(2,43(24)30)13-18-3-5-19(14-37)6-4-18/h3-8,11-12,15-17H,9-10,13H2,1-2H3,(H,40,45)(H,41,44)/t17?,31-/m1/s1. The van der Waals surface area contributed by atoms with Gasteiger partial charge >= 0.3 is 0 Å². The number of anilines is 2. The first-order valence-corrected chi connectivity index (χ1v) is 15.7. The molecule has 0 saturated heterocycles. The van der Waals surface area contributed by atoms with Crippen molar-refractivity contribution in [2.24, 2.45) is 0 Å². The van der Waals surface area contributed by atoms with Crippen LogP contribution in [0, 0.1) is 17.1 Å². The topological polar surface area (TPSA) is 133 Å². The van der Waals surface area contributed by atoms with Crippen molar-refractivity contribution in [3.63, 3.8) is 0 Å². The van der Waals surface area contributed by atoms with Gasteiger partial charge in [0.15, 0.2) is 5.82 Å². The normalized spacial score (nSPS) is 18.5. The monoisotopic (exact) mass is 723 g/mol. The van der Waals surface area contributed by atoms with E-state index in [0.29, 0.717) is 28.6 Å². The summed E-state index contributed by atoms with van der Waals surface area (Å²) in [5.74, 6) is -2.15. The largest absolute Gasteiger partial charge is 0.347 e. The zero-order chi connectivity index (χ0) is 33.0. The first kappa shape index (κ1) is 31.7. The third kappa shape index (κ3) is 5.53. The molecule has 2 aliphatic rings. The van der Waals surface area contributed by atoms with Crippen molar-refractivity contribution >= 4 is 68.5 Å². The highest BCUT2D eigenvalue weighted by Gasteiger charge is 2.54. The van der Waals surface area contributed by atoms with Gasteiger partial charge in [0.05, 0.1) is 39.6 Å². The number of halogens is 4. The van der Waals surface area contributed by atoms with Gasteiger partial charge in [-0.15, -0.1) is 0 Å². The van der Waals surface area contributed by atoms with Crippen LogP contribution in [0.3, 0.4) is 0 Å². The summed E-state index contributed by atoms with van der Waals surface area (Å²) in [7, 11) is 0. The number of nitrogens with one attached hydrogen (secondary N) is 2. The van der Waals surface area contributed by atoms with Crippen molar-refractivity contribution in [2.45, 2.75) is 50.2 Å². The Morgan fingerprint density at radius 2 is 1.78 bits per heavy atom. The molecule has 14 heteroatoms. The van der Waals surface area contributed by atoms with Crippen molar-refractivity contribution in [3.8, 4) is 6.07 Å². The third-order valence-corrected chi connectivity index (χ3v) is 9.35. The Balaban J connectivity index is 1.34. The second kappa shape index (κ2) is 11.8. The number of aromatic nitrogens is 3. The van der Waals surface area contributed by atoms with Crippen LogP contribution < -0.4 is 15.5 Å². The fourth-order valence-electron chi connectivity index (χ4n) is 5.60. The highest BCUT2D eigenvalue weighted by Crippen LogP contribution is 2.44. The maximum absolute atomic E-state index is 14.3. The van der Waals surface area contributed by atoms with Crippen LogP contribution in [0.25, 0.3) is 0 Å². The predicted octanol–water partition coefficient (Wildman–Crippen LogP) is 6.13. The smallest absolute Gasteiger partial charge is 0.270 e. The van der Waals surface area contributed by atoms with E-state index in [4.69, 9.17) is 23.2 Å². The summed E-state index contributed by atoms with van der Waals surface area (Å²) >= 11 is 15.5. The van der Waals surface area contributed by atoms with Crippen molar-refractivity contribution < 1.29 is 18.8 Å². The van der Waals surface area contributed by atoms with Gasteiger partial charge in [-0.1, -0.05) is 41.4 Å². The van der Waals surface area contributed by atoms with Gasteiger partial charge in [0.2, 0.25) is 11.9 Å². The summed E-state index contributed by atoms with van der Waals surface area (Å²) in [5, 5.41) is 14.5. The van der Waals surface area contributed by atoms with Crippen LogP contribution in [0.2, 0.25) is 10.0 Å². The number of hydrogen-bond acceptors (Lipinski definition) is 6. The molecule has 2 N–H and O–H groups in total. The third-order valence-electron chi connectivity index (χ3n) is 8.33. The molecule has 2 aromatic heterocycles. The van der Waals surface area contributed by atoms with Crippen LogP contribution in [-0.2, 0) is 21.5 Å². The molecule has 234 valence electrons. The molecule has 2 atom stereocenters. The minimum Gasteiger partial charge on any atom is -0.347 e. The predicted molar refractivity (Wildman–Crippen MR) is 172 cm³/mol. The molecule has 3 heterocycles. The molecule has 1 saturated carbocycles. The zero-order valence-corrected chi connectivity index (χ0v) is 27.5. The molecule has 3 amide bonds. The number of pyridine rings is 1. The molecule has 2 aromatic carbocycles. The molecule has 1 aliphatic carbocycles. The van der Waals surface area contributed by atoms with E-state index in [1.807, 2.05) is 13.0 Å². The number of nitriles is 1. The number of amides is 3. The van der Waals surface area contributed by atoms with E-state index in [1.165, 1.54) is 27.8 Å². The Morgan fingerprint density at radius 3 is 2.37 bits per heavy atom. The molecule has 0 bridgehead atoms. The Morgan fingerprint density at radius 1 is 1.11 bits per heavy atom. The summed E-state index contributed by atoms with van der Waals surface area (Å²) < 4.78 is 16.5. The number of nitrogens with zero attached hydrogens (tertiary/aromatic N) is 5. The number of benzene rings is 2. The molecule has 10 nitrogen and oxygen atoms in total. The minimum atomic E-state index is -1.40. The first-order chi connectivity index (χ1) is 21.9. The van der Waals surface area contributed by atoms with Crippen LogP contribution in [0.4, 0.5) is 16.0 Å². The summed E-state index contributed by atoms with van der Waals surface area (Å²) in [6.07, 6.45) is 3.96. The minimum absolute atomic E-state index is 0.0468. The van der Waals surface area contributed by atoms with Crippen LogP contribution in [0.15, 0.2) is 65.5 Å². The molecule has 0 radical (unpaired) electrons. The molecule has 46 heavy (non-hydrogen) atoms. The molecule has 1 unspecified atom stereocenters. The van der Waals surface area contributed by atoms with Gasteiger partial charge < -0.3 is 10.6 Å². The number of carbonyl (C=O) groups is 3. The lowest BCUT2D eigenvalue weighted by Gasteiger charge is -2.27. The van der Waals surface area contributed by atoms with Gasteiger partial charge in [-0.3, -0.25) is 19.0 Å². The number of fused-ring (bicyclic) bond motifs is 1. The maximum atomic E-state index is 14.3. The van der Waals surface area contributed by atoms with Crippen molar-refractivity contribution in [2.75, 3.05) is 4.90 Å². The molecule has 1 aliphatic heterocycles. The van der Waals surface area contributed by atoms with Gasteiger partial charge in [-0.05, 0) is 84.1 Å². The van der Waals surface area contributed by atoms with Crippen molar-refractivity contribution in [1.82, 2.24) is 25.2 Å². The fraction of sp³-hybridized carbons (Fsp3) is 0.250. The van der Waals surface area contributed by atoms with E-state index in [9.17, 15) is 24.0 Å². The van der Waals surface area contributed by atoms with Crippen molar-refractivity contribution in [1.29, 1.82) is 5.26 Å². The van der Waals surface area contributed by atoms with Crippen LogP contribution in [0.5, 0.6) is 0 Å². The number of imidazole rings is 1. The summed E-state index contributed by atoms with van der Waals surface area (Å²) in [6.45, 7) is 3.49. The summed E-state index contributed by atoms with van der Waals surface area (Å²) in [6, 6.07) is 14.6. The van der Waals surface area contributed by atoms with Gasteiger partial charge in [-0.2, -0.15) is 5.26 Å². The van der Waals surface area contributed by atoms with Gasteiger partial charge in [-0.25, -0.2) is 19.3 Å². The zero-order valence-electron chi connectivity index (χ0n) is 24.4. The van der Waals surface area contributed by atoms with E-state index < -0.39 is 28.7 Å². The first-order valence-electron chi connectivity index (χ1n) is 14.2. The highest BCUT2D eigenvalue weighted by atomic mass is 79.9. The lowest BCUT2D eigenvalue weighted by atomic mass is 9.91. The van der Waals surface area contributed by atoms with E-state index >= 15 is 0 Å². The second-order valence-corrected chi connectivity index (χ2v) is 13.2. The summed E-state index contributed by atoms with van der Waals surface area (Å²) in [5.41, 5.74) is -0.363. The van der Waals surface area contributed by atoms with Crippen LogP contribution in [-0.4, -0.2) is 37.8 Å². The van der Waals surface area contributed by atoms with E-state index in [0.717, 1.165) is 5.56 Å². The van der Waals surface area contributed by atoms with Crippen molar-refractivity contribution in [3.05, 3.63) is 104 Å². The Labute approximate surface area is 281 Å². The van der Waals surface area contributed by atoms with Gasteiger partial charge in [0, 0.05) is 12.6 Å². The lowest BCUT2D eigenvalue weighted by Crippen LogP contribution is -2.50. The molecule has 6 rings (SSSR count). The quantitative estimate of drug-likeness (QED) is 0.166. The second-order valence-electron chi connectivity index (χ2n) is 11.5. The summed E-state index contributed by atoms with van der Waals surface area (Å²) in [4.78, 5) is 51.5. The highest BCUT2D eigenvalue weighted by molar-refractivity contribution is 9.10. The number of hydrogen-bond donors (Lipinski definition) is 2. The molecule has 1 fully saturated rings. The molecular formula is C32H25BrCl2FN7O3. The Hall–Kier alpha value is -4.31. The fourth-order valence-corrected chi connectivity index (χ4v) is 6.31. The molecule has 4 aromatic rings.